The number of rotatable bonds is 4. The molecule has 1 rings (SSSR count). The minimum Gasteiger partial charge on any atom is -0.470 e. The lowest BCUT2D eigenvalue weighted by Gasteiger charge is -2.02. The van der Waals surface area contributed by atoms with Gasteiger partial charge in [0.05, 0.1) is 0 Å². The molecule has 0 fully saturated rings. The van der Waals surface area contributed by atoms with Crippen LogP contribution < -0.4 is 4.74 Å². The molecule has 5 heteroatoms. The van der Waals surface area contributed by atoms with Gasteiger partial charge in [-0.1, -0.05) is 27.2 Å². The molecule has 3 nitrogen and oxygen atoms in total. The Kier molecular flexibility index (Phi) is 7.50. The minimum absolute atomic E-state index is 0.310. The second kappa shape index (κ2) is 8.07. The molecular formula is C11H20F2N2O. The summed E-state index contributed by atoms with van der Waals surface area (Å²) in [5.41, 5.74) is 0.850. The molecule has 0 bridgehead atoms. The molecule has 94 valence electrons. The van der Waals surface area contributed by atoms with Gasteiger partial charge in [0.25, 0.3) is 6.43 Å². The number of halogens is 2. The number of aromatic nitrogens is 2. The summed E-state index contributed by atoms with van der Waals surface area (Å²) < 4.78 is 30.0. The zero-order chi connectivity index (χ0) is 12.6. The monoisotopic (exact) mass is 234 g/mol. The molecule has 0 saturated heterocycles. The molecule has 1 heterocycles. The lowest BCUT2D eigenvalue weighted by atomic mass is 10.3. The first-order chi connectivity index (χ1) is 7.54. The van der Waals surface area contributed by atoms with Gasteiger partial charge in [-0.3, -0.25) is 4.68 Å². The van der Waals surface area contributed by atoms with Crippen molar-refractivity contribution in [1.82, 2.24) is 9.78 Å². The molecule has 0 atom stereocenters. The topological polar surface area (TPSA) is 27.1 Å². The lowest BCUT2D eigenvalue weighted by Crippen LogP contribution is -2.08. The van der Waals surface area contributed by atoms with Crippen LogP contribution in [-0.2, 0) is 13.5 Å². The van der Waals surface area contributed by atoms with E-state index in [1.807, 2.05) is 6.92 Å². The van der Waals surface area contributed by atoms with Crippen molar-refractivity contribution < 1.29 is 13.5 Å². The van der Waals surface area contributed by atoms with E-state index in [-0.39, 0.29) is 0 Å². The molecule has 0 saturated carbocycles. The zero-order valence-corrected chi connectivity index (χ0v) is 10.3. The van der Waals surface area contributed by atoms with Crippen LogP contribution in [0.15, 0.2) is 6.20 Å². The molecule has 1 aromatic rings. The maximum atomic E-state index is 11.8. The van der Waals surface area contributed by atoms with Gasteiger partial charge >= 0.3 is 0 Å². The largest absolute Gasteiger partial charge is 0.470 e. The van der Waals surface area contributed by atoms with Crippen molar-refractivity contribution in [3.05, 3.63) is 11.8 Å². The summed E-state index contributed by atoms with van der Waals surface area (Å²) in [6, 6.07) is 0. The summed E-state index contributed by atoms with van der Waals surface area (Å²) in [4.78, 5) is 0. The van der Waals surface area contributed by atoms with E-state index in [0.29, 0.717) is 5.88 Å². The Morgan fingerprint density at radius 3 is 2.38 bits per heavy atom. The van der Waals surface area contributed by atoms with Crippen LogP contribution in [0.2, 0.25) is 0 Å². The van der Waals surface area contributed by atoms with Gasteiger partial charge in [-0.05, 0) is 6.42 Å². The normalized spacial score (nSPS) is 9.94. The third-order valence-corrected chi connectivity index (χ3v) is 1.59. The Hall–Kier alpha value is -1.13. The first-order valence-corrected chi connectivity index (χ1v) is 5.48. The molecule has 0 unspecified atom stereocenters. The fourth-order valence-electron chi connectivity index (χ4n) is 1.02. The van der Waals surface area contributed by atoms with Gasteiger partial charge in [0.1, 0.15) is 0 Å². The van der Waals surface area contributed by atoms with E-state index in [2.05, 4.69) is 18.9 Å². The summed E-state index contributed by atoms with van der Waals surface area (Å²) in [6.07, 6.45) is 1.29. The van der Waals surface area contributed by atoms with Crippen molar-refractivity contribution in [2.75, 3.05) is 6.61 Å². The van der Waals surface area contributed by atoms with E-state index in [1.54, 1.807) is 17.9 Å². The summed E-state index contributed by atoms with van der Waals surface area (Å²) in [6.45, 7) is 5.58. The van der Waals surface area contributed by atoms with Crippen LogP contribution in [0.3, 0.4) is 0 Å². The Bertz CT molecular complexity index is 288. The fourth-order valence-corrected chi connectivity index (χ4v) is 1.02. The molecule has 0 N–H and O–H groups in total. The van der Waals surface area contributed by atoms with Crippen molar-refractivity contribution in [3.8, 4) is 5.88 Å². The molecule has 0 amide bonds. The summed E-state index contributed by atoms with van der Waals surface area (Å²) in [5, 5.41) is 3.91. The number of alkyl halides is 2. The number of nitrogens with zero attached hydrogens (tertiary/aromatic N) is 2. The van der Waals surface area contributed by atoms with Crippen LogP contribution in [0, 0.1) is 0 Å². The van der Waals surface area contributed by atoms with E-state index in [1.165, 1.54) is 6.42 Å². The predicted octanol–water partition coefficient (Wildman–Crippen LogP) is 3.04. The van der Waals surface area contributed by atoms with Crippen LogP contribution >= 0.6 is 0 Å². The highest BCUT2D eigenvalue weighted by Gasteiger charge is 2.09. The van der Waals surface area contributed by atoms with Crippen LogP contribution in [0.4, 0.5) is 8.78 Å². The van der Waals surface area contributed by atoms with Gasteiger partial charge in [-0.2, -0.15) is 0 Å². The first-order valence-electron chi connectivity index (χ1n) is 5.48. The Labute approximate surface area is 95.4 Å². The first kappa shape index (κ1) is 14.9. The van der Waals surface area contributed by atoms with Crippen LogP contribution in [0.5, 0.6) is 5.88 Å². The van der Waals surface area contributed by atoms with Gasteiger partial charge in [-0.25, -0.2) is 8.78 Å². The van der Waals surface area contributed by atoms with Gasteiger partial charge in [0, 0.05) is 18.8 Å². The number of aryl methyl sites for hydroxylation is 2. The minimum atomic E-state index is -2.45. The van der Waals surface area contributed by atoms with E-state index in [0.717, 1.165) is 12.0 Å². The molecule has 16 heavy (non-hydrogen) atoms. The quantitative estimate of drug-likeness (QED) is 0.800. The predicted molar refractivity (Wildman–Crippen MR) is 60.1 cm³/mol. The van der Waals surface area contributed by atoms with Crippen molar-refractivity contribution in [2.45, 2.75) is 40.0 Å². The smallest absolute Gasteiger partial charge is 0.272 e. The standard InChI is InChI=1S/C8H12F2N2O.C3H8/c1-3-6-4-12(2)11-8(6)13-5-7(9)10;1-3-2/h4,7H,3,5H2,1-2H3;3H2,1-2H3. The van der Waals surface area contributed by atoms with Crippen molar-refractivity contribution in [2.24, 2.45) is 7.05 Å². The molecule has 0 radical (unpaired) electrons. The van der Waals surface area contributed by atoms with Gasteiger partial charge < -0.3 is 4.74 Å². The highest BCUT2D eigenvalue weighted by atomic mass is 19.3. The molecule has 1 aromatic heterocycles. The van der Waals surface area contributed by atoms with Gasteiger partial charge in [0.15, 0.2) is 6.61 Å². The van der Waals surface area contributed by atoms with E-state index < -0.39 is 13.0 Å². The highest BCUT2D eigenvalue weighted by Crippen LogP contribution is 2.16. The van der Waals surface area contributed by atoms with Crippen molar-refractivity contribution in [1.29, 1.82) is 0 Å². The average molecular weight is 234 g/mol. The van der Waals surface area contributed by atoms with Crippen LogP contribution in [-0.4, -0.2) is 22.8 Å². The van der Waals surface area contributed by atoms with Crippen molar-refractivity contribution in [3.63, 3.8) is 0 Å². The van der Waals surface area contributed by atoms with Gasteiger partial charge in [-0.15, -0.1) is 5.10 Å². The average Bonchev–Trinajstić information content (AvgIpc) is 2.57. The Morgan fingerprint density at radius 2 is 1.94 bits per heavy atom. The third kappa shape index (κ3) is 5.68. The SMILES string of the molecule is CCC.CCc1cn(C)nc1OCC(F)F. The van der Waals surface area contributed by atoms with E-state index in [9.17, 15) is 8.78 Å². The fraction of sp³-hybridized carbons (Fsp3) is 0.727. The zero-order valence-electron chi connectivity index (χ0n) is 10.3. The second-order valence-electron chi connectivity index (χ2n) is 3.40. The highest BCUT2D eigenvalue weighted by molar-refractivity contribution is 5.22. The summed E-state index contributed by atoms with van der Waals surface area (Å²) in [7, 11) is 1.73. The summed E-state index contributed by atoms with van der Waals surface area (Å²) in [5.74, 6) is 0.310. The number of hydrogen-bond acceptors (Lipinski definition) is 2. The molecule has 0 aliphatic carbocycles. The number of ether oxygens (including phenoxy) is 1. The summed E-state index contributed by atoms with van der Waals surface area (Å²) >= 11 is 0. The molecule has 0 spiro atoms. The van der Waals surface area contributed by atoms with Gasteiger partial charge in [0.2, 0.25) is 5.88 Å². The molecule has 0 aliphatic rings. The Balaban J connectivity index is 0.000000673. The molecule has 0 aromatic carbocycles. The maximum absolute atomic E-state index is 11.8. The second-order valence-corrected chi connectivity index (χ2v) is 3.40. The van der Waals surface area contributed by atoms with Crippen molar-refractivity contribution >= 4 is 0 Å². The maximum Gasteiger partial charge on any atom is 0.272 e. The van der Waals surface area contributed by atoms with Crippen LogP contribution in [0.25, 0.3) is 0 Å². The molecule has 0 aliphatic heterocycles. The third-order valence-electron chi connectivity index (χ3n) is 1.59. The number of hydrogen-bond donors (Lipinski definition) is 0. The lowest BCUT2D eigenvalue weighted by molar-refractivity contribution is 0.0788. The van der Waals surface area contributed by atoms with E-state index in [4.69, 9.17) is 4.74 Å². The van der Waals surface area contributed by atoms with E-state index >= 15 is 0 Å². The Morgan fingerprint density at radius 1 is 1.38 bits per heavy atom. The van der Waals surface area contributed by atoms with Crippen LogP contribution in [0.1, 0.15) is 32.8 Å². The molecular weight excluding hydrogens is 214 g/mol.